The number of carbonyl (C=O) groups is 3. The fraction of sp³-hybridized carbons (Fsp3) is 0.417. The Morgan fingerprint density at radius 3 is 2.52 bits per heavy atom. The number of carbonyl (C=O) groups excluding carboxylic acids is 3. The topological polar surface area (TPSA) is 113 Å². The summed E-state index contributed by atoms with van der Waals surface area (Å²) in [6, 6.07) is 0. The zero-order chi connectivity index (χ0) is 15.9. The molecule has 0 spiro atoms. The van der Waals surface area contributed by atoms with Crippen molar-refractivity contribution in [1.29, 1.82) is 0 Å². The molecule has 0 fully saturated rings. The number of rotatable bonds is 11. The van der Waals surface area contributed by atoms with Crippen LogP contribution in [0.25, 0.3) is 0 Å². The fourth-order valence-electron chi connectivity index (χ4n) is 1.06. The van der Waals surface area contributed by atoms with E-state index in [1.807, 2.05) is 0 Å². The number of hydrogen-bond acceptors (Lipinski definition) is 6. The molecule has 5 N–H and O–H groups in total. The van der Waals surface area contributed by atoms with Crippen molar-refractivity contribution in [2.45, 2.75) is 0 Å². The maximum absolute atomic E-state index is 11.5. The quantitative estimate of drug-likeness (QED) is 0.132. The van der Waals surface area contributed by atoms with Crippen molar-refractivity contribution >= 4 is 39.8 Å². The molecule has 7 nitrogen and oxygen atoms in total. The van der Waals surface area contributed by atoms with Crippen LogP contribution in [0.2, 0.25) is 0 Å². The molecule has 0 aliphatic carbocycles. The minimum absolute atomic E-state index is 0.174. The summed E-state index contributed by atoms with van der Waals surface area (Å²) in [5, 5.41) is 7.35. The second-order valence-corrected chi connectivity index (χ2v) is 6.22. The van der Waals surface area contributed by atoms with E-state index in [0.29, 0.717) is 19.5 Å². The second-order valence-electron chi connectivity index (χ2n) is 3.52. The lowest BCUT2D eigenvalue weighted by Gasteiger charge is -2.02. The van der Waals surface area contributed by atoms with E-state index in [9.17, 15) is 14.4 Å². The van der Waals surface area contributed by atoms with Crippen LogP contribution in [0.5, 0.6) is 0 Å². The summed E-state index contributed by atoms with van der Waals surface area (Å²) in [7, 11) is 4.76. The summed E-state index contributed by atoms with van der Waals surface area (Å²) < 4.78 is 0. The third-order valence-electron chi connectivity index (χ3n) is 1.98. The van der Waals surface area contributed by atoms with E-state index < -0.39 is 5.91 Å². The van der Waals surface area contributed by atoms with Gasteiger partial charge in [0.1, 0.15) is 0 Å². The van der Waals surface area contributed by atoms with Gasteiger partial charge in [0.05, 0.1) is 5.57 Å². The molecule has 0 bridgehead atoms. The molecule has 0 aromatic heterocycles. The predicted octanol–water partition coefficient (Wildman–Crippen LogP) is -0.625. The summed E-state index contributed by atoms with van der Waals surface area (Å²) in [4.78, 5) is 33.2. The van der Waals surface area contributed by atoms with Gasteiger partial charge in [0.25, 0.3) is 5.91 Å². The van der Waals surface area contributed by atoms with Crippen LogP contribution in [0.3, 0.4) is 0 Å². The van der Waals surface area contributed by atoms with E-state index in [1.165, 1.54) is 25.4 Å². The van der Waals surface area contributed by atoms with Gasteiger partial charge in [0.2, 0.25) is 12.3 Å². The molecule has 0 aromatic carbocycles. The molecule has 0 aliphatic heterocycles. The van der Waals surface area contributed by atoms with Crippen molar-refractivity contribution in [2.75, 3.05) is 31.6 Å². The Balaban J connectivity index is 4.14. The number of hydrogen-bond donors (Lipinski definition) is 4. The first-order valence-corrected chi connectivity index (χ1v) is 8.66. The Hall–Kier alpha value is -1.45. The molecule has 0 aromatic rings. The van der Waals surface area contributed by atoms with Gasteiger partial charge in [-0.3, -0.25) is 14.4 Å². The van der Waals surface area contributed by atoms with Crippen molar-refractivity contribution in [3.63, 3.8) is 0 Å². The van der Waals surface area contributed by atoms with Gasteiger partial charge in [0, 0.05) is 43.9 Å². The lowest BCUT2D eigenvalue weighted by molar-refractivity contribution is -0.117. The van der Waals surface area contributed by atoms with Gasteiger partial charge in [0.15, 0.2) is 0 Å². The van der Waals surface area contributed by atoms with Gasteiger partial charge in [-0.05, 0) is 6.08 Å². The third-order valence-corrected chi connectivity index (χ3v) is 4.42. The molecule has 0 saturated carbocycles. The van der Waals surface area contributed by atoms with Crippen molar-refractivity contribution in [3.8, 4) is 0 Å². The van der Waals surface area contributed by atoms with Crippen LogP contribution < -0.4 is 21.7 Å². The molecule has 9 heteroatoms. The maximum Gasteiger partial charge on any atom is 0.252 e. The van der Waals surface area contributed by atoms with Crippen LogP contribution in [0.1, 0.15) is 0 Å². The van der Waals surface area contributed by atoms with E-state index in [0.717, 1.165) is 11.5 Å². The van der Waals surface area contributed by atoms with E-state index >= 15 is 0 Å². The van der Waals surface area contributed by atoms with Gasteiger partial charge < -0.3 is 21.7 Å². The van der Waals surface area contributed by atoms with Crippen LogP contribution in [0.4, 0.5) is 0 Å². The first-order chi connectivity index (χ1) is 10.2. The summed E-state index contributed by atoms with van der Waals surface area (Å²) in [6.07, 6.45) is 4.23. The normalized spacial score (nSPS) is 11.2. The third kappa shape index (κ3) is 10.9. The van der Waals surface area contributed by atoms with Crippen LogP contribution in [-0.4, -0.2) is 49.9 Å². The van der Waals surface area contributed by atoms with Gasteiger partial charge in [-0.25, -0.2) is 0 Å². The molecule has 0 heterocycles. The number of nitrogens with one attached hydrogen (secondary N) is 3. The standard InChI is InChI=1S/C12H20N4O3S2/c1-14-12(19)10(8-15-9-17)2-3-11(18)16-5-7-21-20-6-4-13/h2-3,8-9H,4-7,13H2,1H3,(H,14,19)(H,15,17)(H,16,18)/b3-2+,10-8-. The molecule has 0 saturated heterocycles. The minimum Gasteiger partial charge on any atom is -0.355 e. The van der Waals surface area contributed by atoms with E-state index in [2.05, 4.69) is 16.0 Å². The van der Waals surface area contributed by atoms with Crippen LogP contribution >= 0.6 is 21.6 Å². The maximum atomic E-state index is 11.5. The largest absolute Gasteiger partial charge is 0.355 e. The molecule has 3 amide bonds. The fourth-order valence-corrected chi connectivity index (χ4v) is 2.83. The van der Waals surface area contributed by atoms with Crippen LogP contribution in [0.15, 0.2) is 23.9 Å². The first kappa shape index (κ1) is 19.6. The summed E-state index contributed by atoms with van der Waals surface area (Å²) >= 11 is 0. The molecule has 21 heavy (non-hydrogen) atoms. The Bertz CT molecular complexity index is 400. The highest BCUT2D eigenvalue weighted by atomic mass is 33.1. The van der Waals surface area contributed by atoms with Crippen molar-refractivity contribution in [1.82, 2.24) is 16.0 Å². The lowest BCUT2D eigenvalue weighted by atomic mass is 10.2. The zero-order valence-corrected chi connectivity index (χ0v) is 13.4. The van der Waals surface area contributed by atoms with Crippen LogP contribution in [0, 0.1) is 0 Å². The molecular weight excluding hydrogens is 312 g/mol. The zero-order valence-electron chi connectivity index (χ0n) is 11.8. The molecule has 0 aliphatic rings. The second kappa shape index (κ2) is 13.5. The summed E-state index contributed by atoms with van der Waals surface area (Å²) in [5.74, 6) is 0.944. The average molecular weight is 332 g/mol. The highest BCUT2D eigenvalue weighted by molar-refractivity contribution is 8.76. The van der Waals surface area contributed by atoms with Crippen molar-refractivity contribution in [2.24, 2.45) is 5.73 Å². The highest BCUT2D eigenvalue weighted by Crippen LogP contribution is 2.18. The van der Waals surface area contributed by atoms with E-state index in [-0.39, 0.29) is 11.5 Å². The molecule has 0 rings (SSSR count). The van der Waals surface area contributed by atoms with Gasteiger partial charge >= 0.3 is 0 Å². The molecule has 118 valence electrons. The van der Waals surface area contributed by atoms with E-state index in [1.54, 1.807) is 21.6 Å². The number of amides is 3. The molecule has 0 radical (unpaired) electrons. The van der Waals surface area contributed by atoms with Crippen molar-refractivity contribution < 1.29 is 14.4 Å². The Labute approximate surface area is 131 Å². The Morgan fingerprint density at radius 2 is 1.90 bits per heavy atom. The SMILES string of the molecule is CNC(=O)C(=C\NC=O)/C=C/C(=O)NCCSSCCN. The average Bonchev–Trinajstić information content (AvgIpc) is 2.50. The minimum atomic E-state index is -0.401. The molecule has 0 atom stereocenters. The first-order valence-electron chi connectivity index (χ1n) is 6.18. The van der Waals surface area contributed by atoms with Crippen LogP contribution in [-0.2, 0) is 14.4 Å². The predicted molar refractivity (Wildman–Crippen MR) is 87.5 cm³/mol. The van der Waals surface area contributed by atoms with Crippen molar-refractivity contribution in [3.05, 3.63) is 23.9 Å². The number of likely N-dealkylation sites (N-methyl/N-ethyl adjacent to an activating group) is 1. The monoisotopic (exact) mass is 332 g/mol. The summed E-state index contributed by atoms with van der Waals surface area (Å²) in [6.45, 7) is 1.16. The van der Waals surface area contributed by atoms with Gasteiger partial charge in [-0.1, -0.05) is 21.6 Å². The molecular formula is C12H20N4O3S2. The van der Waals surface area contributed by atoms with E-state index in [4.69, 9.17) is 5.73 Å². The smallest absolute Gasteiger partial charge is 0.252 e. The Morgan fingerprint density at radius 1 is 1.19 bits per heavy atom. The molecule has 0 unspecified atom stereocenters. The highest BCUT2D eigenvalue weighted by Gasteiger charge is 2.04. The van der Waals surface area contributed by atoms with Gasteiger partial charge in [-0.15, -0.1) is 0 Å². The lowest BCUT2D eigenvalue weighted by Crippen LogP contribution is -2.24. The Kier molecular flexibility index (Phi) is 12.6. The summed E-state index contributed by atoms with van der Waals surface area (Å²) in [5.41, 5.74) is 5.53. The van der Waals surface area contributed by atoms with Gasteiger partial charge in [-0.2, -0.15) is 0 Å². The number of nitrogens with two attached hydrogens (primary N) is 1.